The molecule has 19 heavy (non-hydrogen) atoms. The number of aryl methyl sites for hydroxylation is 1. The van der Waals surface area contributed by atoms with Gasteiger partial charge in [-0.05, 0) is 13.0 Å². The summed E-state index contributed by atoms with van der Waals surface area (Å²) >= 11 is 1.55. The molecule has 0 radical (unpaired) electrons. The van der Waals surface area contributed by atoms with Crippen molar-refractivity contribution in [1.82, 2.24) is 0 Å². The lowest BCUT2D eigenvalue weighted by atomic mass is 10.2. The summed E-state index contributed by atoms with van der Waals surface area (Å²) < 4.78 is 14.8. The predicted molar refractivity (Wildman–Crippen MR) is 72.1 cm³/mol. The van der Waals surface area contributed by atoms with Crippen LogP contribution in [0.4, 0.5) is 0 Å². The van der Waals surface area contributed by atoms with Crippen LogP contribution in [0.25, 0.3) is 0 Å². The maximum atomic E-state index is 11.4. The number of carbonyl (C=O) groups is 2. The van der Waals surface area contributed by atoms with E-state index in [4.69, 9.17) is 4.42 Å². The van der Waals surface area contributed by atoms with Crippen LogP contribution in [0.5, 0.6) is 0 Å². The van der Waals surface area contributed by atoms with Gasteiger partial charge in [0.05, 0.1) is 25.9 Å². The molecule has 6 heteroatoms. The fraction of sp³-hybridized carbons (Fsp3) is 0.538. The molecule has 0 amide bonds. The monoisotopic (exact) mass is 286 g/mol. The van der Waals surface area contributed by atoms with E-state index >= 15 is 0 Å². The number of thioether (sulfide) groups is 1. The lowest BCUT2D eigenvalue weighted by Gasteiger charge is -2.07. The lowest BCUT2D eigenvalue weighted by molar-refractivity contribution is -0.144. The van der Waals surface area contributed by atoms with Crippen LogP contribution < -0.4 is 0 Å². The summed E-state index contributed by atoms with van der Waals surface area (Å²) in [6, 6.07) is 1.68. The Hall–Kier alpha value is -1.43. The molecular formula is C13H18O5S. The highest BCUT2D eigenvalue weighted by Gasteiger charge is 2.17. The molecular weight excluding hydrogens is 268 g/mol. The Kier molecular flexibility index (Phi) is 5.95. The molecule has 0 N–H and O–H groups in total. The molecule has 1 atom stereocenters. The van der Waals surface area contributed by atoms with Gasteiger partial charge in [0.1, 0.15) is 17.1 Å². The molecule has 1 rings (SSSR count). The fourth-order valence-corrected chi connectivity index (χ4v) is 2.48. The topological polar surface area (TPSA) is 65.7 Å². The summed E-state index contributed by atoms with van der Waals surface area (Å²) in [7, 11) is 2.71. The van der Waals surface area contributed by atoms with E-state index in [2.05, 4.69) is 9.47 Å². The van der Waals surface area contributed by atoms with E-state index in [0.29, 0.717) is 28.6 Å². The first-order chi connectivity index (χ1) is 8.99. The maximum absolute atomic E-state index is 11.4. The third kappa shape index (κ3) is 4.31. The van der Waals surface area contributed by atoms with Crippen molar-refractivity contribution >= 4 is 23.7 Å². The Morgan fingerprint density at radius 2 is 2.05 bits per heavy atom. The van der Waals surface area contributed by atoms with E-state index in [1.54, 1.807) is 24.8 Å². The van der Waals surface area contributed by atoms with Crippen molar-refractivity contribution in [1.29, 1.82) is 0 Å². The SMILES string of the molecule is COC(=O)c1cc(CSCC(C)C(=O)OC)oc1C. The summed E-state index contributed by atoms with van der Waals surface area (Å²) in [5.41, 5.74) is 0.444. The van der Waals surface area contributed by atoms with Crippen LogP contribution in [0.1, 0.15) is 28.8 Å². The Morgan fingerprint density at radius 3 is 2.63 bits per heavy atom. The van der Waals surface area contributed by atoms with Crippen molar-refractivity contribution in [2.45, 2.75) is 19.6 Å². The average Bonchev–Trinajstić information content (AvgIpc) is 2.77. The molecule has 1 aromatic heterocycles. The van der Waals surface area contributed by atoms with Crippen molar-refractivity contribution in [2.75, 3.05) is 20.0 Å². The van der Waals surface area contributed by atoms with Crippen LogP contribution in [0.2, 0.25) is 0 Å². The molecule has 0 aliphatic heterocycles. The second-order valence-electron chi connectivity index (χ2n) is 4.11. The summed E-state index contributed by atoms with van der Waals surface area (Å²) in [6.45, 7) is 3.53. The fourth-order valence-electron chi connectivity index (χ4n) is 1.53. The van der Waals surface area contributed by atoms with Crippen LogP contribution in [0, 0.1) is 12.8 Å². The standard InChI is InChI=1S/C13H18O5S/c1-8(12(14)16-3)6-19-7-10-5-11(9(2)18-10)13(15)17-4/h5,8H,6-7H2,1-4H3. The summed E-state index contributed by atoms with van der Waals surface area (Å²) in [5, 5.41) is 0. The molecule has 106 valence electrons. The molecule has 0 spiro atoms. The number of rotatable bonds is 6. The number of carbonyl (C=O) groups excluding carboxylic acids is 2. The van der Waals surface area contributed by atoms with Gasteiger partial charge >= 0.3 is 11.9 Å². The Morgan fingerprint density at radius 1 is 1.37 bits per heavy atom. The van der Waals surface area contributed by atoms with Gasteiger partial charge in [-0.25, -0.2) is 4.79 Å². The average molecular weight is 286 g/mol. The van der Waals surface area contributed by atoms with Gasteiger partial charge < -0.3 is 13.9 Å². The van der Waals surface area contributed by atoms with Crippen LogP contribution in [-0.2, 0) is 20.0 Å². The van der Waals surface area contributed by atoms with Gasteiger partial charge in [-0.15, -0.1) is 0 Å². The molecule has 1 aromatic rings. The first-order valence-electron chi connectivity index (χ1n) is 5.82. The zero-order valence-corrected chi connectivity index (χ0v) is 12.3. The minimum atomic E-state index is -0.402. The van der Waals surface area contributed by atoms with Crippen molar-refractivity contribution in [3.05, 3.63) is 23.2 Å². The van der Waals surface area contributed by atoms with E-state index in [1.807, 2.05) is 6.92 Å². The molecule has 1 unspecified atom stereocenters. The number of hydrogen-bond donors (Lipinski definition) is 0. The molecule has 1 heterocycles. The minimum absolute atomic E-state index is 0.161. The number of ether oxygens (including phenoxy) is 2. The number of esters is 2. The van der Waals surface area contributed by atoms with Crippen molar-refractivity contribution < 1.29 is 23.5 Å². The molecule has 0 saturated heterocycles. The highest BCUT2D eigenvalue weighted by molar-refractivity contribution is 7.98. The summed E-state index contributed by atoms with van der Waals surface area (Å²) in [4.78, 5) is 22.6. The van der Waals surface area contributed by atoms with Gasteiger partial charge in [0, 0.05) is 5.75 Å². The first kappa shape index (κ1) is 15.6. The Labute approximate surface area is 116 Å². The highest BCUT2D eigenvalue weighted by atomic mass is 32.2. The molecule has 0 aliphatic carbocycles. The van der Waals surface area contributed by atoms with Crippen LogP contribution in [0.15, 0.2) is 10.5 Å². The summed E-state index contributed by atoms with van der Waals surface area (Å²) in [5.74, 6) is 1.69. The zero-order valence-electron chi connectivity index (χ0n) is 11.5. The quantitative estimate of drug-likeness (QED) is 0.748. The number of methoxy groups -OCH3 is 2. The third-order valence-corrected chi connectivity index (χ3v) is 3.81. The van der Waals surface area contributed by atoms with Gasteiger partial charge in [-0.2, -0.15) is 11.8 Å². The maximum Gasteiger partial charge on any atom is 0.341 e. The normalized spacial score (nSPS) is 12.0. The summed E-state index contributed by atoms with van der Waals surface area (Å²) in [6.07, 6.45) is 0. The van der Waals surface area contributed by atoms with E-state index in [9.17, 15) is 9.59 Å². The van der Waals surface area contributed by atoms with Gasteiger partial charge in [-0.1, -0.05) is 6.92 Å². The number of furan rings is 1. The molecule has 5 nitrogen and oxygen atoms in total. The largest absolute Gasteiger partial charge is 0.469 e. The molecule has 0 fully saturated rings. The van der Waals surface area contributed by atoms with E-state index in [0.717, 1.165) is 0 Å². The van der Waals surface area contributed by atoms with Crippen molar-refractivity contribution in [3.63, 3.8) is 0 Å². The first-order valence-corrected chi connectivity index (χ1v) is 6.98. The van der Waals surface area contributed by atoms with E-state index < -0.39 is 5.97 Å². The van der Waals surface area contributed by atoms with Gasteiger partial charge in [0.25, 0.3) is 0 Å². The minimum Gasteiger partial charge on any atom is -0.469 e. The molecule has 0 bridgehead atoms. The molecule has 0 aromatic carbocycles. The van der Waals surface area contributed by atoms with Crippen LogP contribution >= 0.6 is 11.8 Å². The van der Waals surface area contributed by atoms with Gasteiger partial charge in [0.15, 0.2) is 0 Å². The van der Waals surface area contributed by atoms with Crippen molar-refractivity contribution in [2.24, 2.45) is 5.92 Å². The third-order valence-electron chi connectivity index (χ3n) is 2.59. The van der Waals surface area contributed by atoms with Gasteiger partial charge in [-0.3, -0.25) is 4.79 Å². The lowest BCUT2D eigenvalue weighted by Crippen LogP contribution is -2.14. The highest BCUT2D eigenvalue weighted by Crippen LogP contribution is 2.21. The molecule has 0 saturated carbocycles. The second kappa shape index (κ2) is 7.23. The number of hydrogen-bond acceptors (Lipinski definition) is 6. The zero-order chi connectivity index (χ0) is 14.4. The smallest absolute Gasteiger partial charge is 0.341 e. The van der Waals surface area contributed by atoms with Crippen LogP contribution in [-0.4, -0.2) is 31.9 Å². The van der Waals surface area contributed by atoms with Gasteiger partial charge in [0.2, 0.25) is 0 Å². The van der Waals surface area contributed by atoms with Crippen LogP contribution in [0.3, 0.4) is 0 Å². The second-order valence-corrected chi connectivity index (χ2v) is 5.14. The van der Waals surface area contributed by atoms with Crippen molar-refractivity contribution in [3.8, 4) is 0 Å². The Balaban J connectivity index is 2.51. The van der Waals surface area contributed by atoms with E-state index in [1.165, 1.54) is 14.2 Å². The predicted octanol–water partition coefficient (Wildman–Crippen LogP) is 2.42. The molecule has 0 aliphatic rings. The van der Waals surface area contributed by atoms with E-state index in [-0.39, 0.29) is 11.9 Å². The Bertz CT molecular complexity index is 452.